The van der Waals surface area contributed by atoms with Crippen molar-refractivity contribution in [2.24, 2.45) is 0 Å². The second kappa shape index (κ2) is 9.92. The predicted octanol–water partition coefficient (Wildman–Crippen LogP) is 3.22. The first-order chi connectivity index (χ1) is 13.0. The molecule has 27 heavy (non-hydrogen) atoms. The van der Waals surface area contributed by atoms with Crippen molar-refractivity contribution in [1.82, 2.24) is 4.90 Å². The van der Waals surface area contributed by atoms with Crippen LogP contribution in [-0.2, 0) is 6.42 Å². The molecule has 0 bridgehead atoms. The molecule has 0 radical (unpaired) electrons. The van der Waals surface area contributed by atoms with Gasteiger partial charge in [-0.1, -0.05) is 12.1 Å². The van der Waals surface area contributed by atoms with Crippen LogP contribution in [0.2, 0.25) is 0 Å². The van der Waals surface area contributed by atoms with E-state index in [4.69, 9.17) is 9.47 Å². The molecule has 2 aromatic carbocycles. The number of nitrogens with zero attached hydrogens (tertiary/aromatic N) is 1. The summed E-state index contributed by atoms with van der Waals surface area (Å²) in [5.41, 5.74) is 2.28. The second-order valence-corrected chi connectivity index (χ2v) is 6.25. The second-order valence-electron chi connectivity index (χ2n) is 6.25. The van der Waals surface area contributed by atoms with Crippen molar-refractivity contribution in [3.8, 4) is 11.5 Å². The van der Waals surface area contributed by atoms with Crippen molar-refractivity contribution in [3.05, 3.63) is 58.9 Å². The summed E-state index contributed by atoms with van der Waals surface area (Å²) in [7, 11) is 3.09. The number of rotatable bonds is 9. The molecule has 146 valence electrons. The number of carbonyl (C=O) groups is 1. The first-order valence-corrected chi connectivity index (χ1v) is 8.87. The third-order valence-electron chi connectivity index (χ3n) is 4.46. The summed E-state index contributed by atoms with van der Waals surface area (Å²) in [6, 6.07) is 9.70. The summed E-state index contributed by atoms with van der Waals surface area (Å²) in [5.74, 6) is 0.693. The normalized spacial score (nSPS) is 10.6. The lowest BCUT2D eigenvalue weighted by Crippen LogP contribution is -2.34. The smallest absolute Gasteiger partial charge is 0.254 e. The maximum atomic E-state index is 13.0. The molecule has 0 fully saturated rings. The van der Waals surface area contributed by atoms with Crippen LogP contribution in [0, 0.1) is 12.7 Å². The van der Waals surface area contributed by atoms with Crippen molar-refractivity contribution in [2.75, 3.05) is 33.9 Å². The van der Waals surface area contributed by atoms with Crippen molar-refractivity contribution < 1.29 is 23.8 Å². The van der Waals surface area contributed by atoms with Gasteiger partial charge in [0.05, 0.1) is 20.8 Å². The van der Waals surface area contributed by atoms with E-state index >= 15 is 0 Å². The number of carbonyl (C=O) groups excluding carboxylic acids is 1. The lowest BCUT2D eigenvalue weighted by atomic mass is 10.1. The van der Waals surface area contributed by atoms with Crippen LogP contribution in [0.15, 0.2) is 36.4 Å². The highest BCUT2D eigenvalue weighted by atomic mass is 19.1. The standard InChI is InChI=1S/C21H26FNO4/c1-15-19(26-2)13-17(14-20(15)27-3)21(25)23(11-12-24)10-4-5-16-6-8-18(22)9-7-16/h6-9,13-14,24H,4-5,10-12H2,1-3H3. The van der Waals surface area contributed by atoms with Gasteiger partial charge in [-0.2, -0.15) is 0 Å². The Kier molecular flexibility index (Phi) is 7.61. The maximum absolute atomic E-state index is 13.0. The Bertz CT molecular complexity index is 736. The first-order valence-electron chi connectivity index (χ1n) is 8.87. The van der Waals surface area contributed by atoms with E-state index in [9.17, 15) is 14.3 Å². The Labute approximate surface area is 159 Å². The maximum Gasteiger partial charge on any atom is 0.254 e. The quantitative estimate of drug-likeness (QED) is 0.731. The number of hydrogen-bond donors (Lipinski definition) is 1. The lowest BCUT2D eigenvalue weighted by molar-refractivity contribution is 0.0719. The minimum absolute atomic E-state index is 0.123. The highest BCUT2D eigenvalue weighted by Crippen LogP contribution is 2.30. The molecule has 0 saturated carbocycles. The van der Waals surface area contributed by atoms with Crippen LogP contribution in [0.25, 0.3) is 0 Å². The molecule has 0 unspecified atom stereocenters. The minimum atomic E-state index is -0.266. The third kappa shape index (κ3) is 5.44. The number of aryl methyl sites for hydroxylation is 1. The molecule has 0 aliphatic carbocycles. The molecule has 0 spiro atoms. The van der Waals surface area contributed by atoms with E-state index in [1.807, 2.05) is 6.92 Å². The SMILES string of the molecule is COc1cc(C(=O)N(CCO)CCCc2ccc(F)cc2)cc(OC)c1C. The van der Waals surface area contributed by atoms with E-state index in [-0.39, 0.29) is 24.9 Å². The van der Waals surface area contributed by atoms with E-state index in [1.165, 1.54) is 12.1 Å². The molecule has 0 heterocycles. The van der Waals surface area contributed by atoms with Gasteiger partial charge in [0.25, 0.3) is 5.91 Å². The van der Waals surface area contributed by atoms with Gasteiger partial charge in [0.1, 0.15) is 17.3 Å². The van der Waals surface area contributed by atoms with Gasteiger partial charge >= 0.3 is 0 Å². The van der Waals surface area contributed by atoms with Crippen molar-refractivity contribution in [1.29, 1.82) is 0 Å². The van der Waals surface area contributed by atoms with Crippen molar-refractivity contribution in [2.45, 2.75) is 19.8 Å². The van der Waals surface area contributed by atoms with Gasteiger partial charge in [0.15, 0.2) is 0 Å². The van der Waals surface area contributed by atoms with Crippen molar-refractivity contribution >= 4 is 5.91 Å². The number of methoxy groups -OCH3 is 2. The molecule has 0 saturated heterocycles. The zero-order valence-electron chi connectivity index (χ0n) is 16.0. The van der Waals surface area contributed by atoms with E-state index in [0.717, 1.165) is 17.5 Å². The Morgan fingerprint density at radius 3 is 2.19 bits per heavy atom. The summed E-state index contributed by atoms with van der Waals surface area (Å²) in [6.07, 6.45) is 1.42. The number of aliphatic hydroxyl groups excluding tert-OH is 1. The van der Waals surface area contributed by atoms with Gasteiger partial charge in [-0.3, -0.25) is 4.79 Å². The largest absolute Gasteiger partial charge is 0.496 e. The zero-order valence-corrected chi connectivity index (χ0v) is 16.0. The van der Waals surface area contributed by atoms with Crippen LogP contribution < -0.4 is 9.47 Å². The number of benzene rings is 2. The Balaban J connectivity index is 2.10. The minimum Gasteiger partial charge on any atom is -0.496 e. The van der Waals surface area contributed by atoms with Crippen LogP contribution in [0.4, 0.5) is 4.39 Å². The monoisotopic (exact) mass is 375 g/mol. The van der Waals surface area contributed by atoms with E-state index < -0.39 is 0 Å². The molecule has 2 rings (SSSR count). The van der Waals surface area contributed by atoms with E-state index in [2.05, 4.69) is 0 Å². The molecule has 1 N–H and O–H groups in total. The van der Waals surface area contributed by atoms with Gasteiger partial charge in [0, 0.05) is 24.2 Å². The Morgan fingerprint density at radius 2 is 1.67 bits per heavy atom. The molecule has 1 amide bonds. The number of hydrogen-bond acceptors (Lipinski definition) is 4. The fourth-order valence-electron chi connectivity index (χ4n) is 2.95. The van der Waals surface area contributed by atoms with Crippen LogP contribution >= 0.6 is 0 Å². The van der Waals surface area contributed by atoms with Crippen molar-refractivity contribution in [3.63, 3.8) is 0 Å². The van der Waals surface area contributed by atoms with Crippen LogP contribution in [0.1, 0.15) is 27.9 Å². The molecule has 6 heteroatoms. The fourth-order valence-corrected chi connectivity index (χ4v) is 2.95. The van der Waals surface area contributed by atoms with Crippen LogP contribution in [-0.4, -0.2) is 49.8 Å². The summed E-state index contributed by atoms with van der Waals surface area (Å²) in [5, 5.41) is 9.34. The number of ether oxygens (including phenoxy) is 2. The average molecular weight is 375 g/mol. The number of aliphatic hydroxyl groups is 1. The molecular weight excluding hydrogens is 349 g/mol. The number of halogens is 1. The molecule has 0 aliphatic heterocycles. The van der Waals surface area contributed by atoms with Gasteiger partial charge in [-0.15, -0.1) is 0 Å². The highest BCUT2D eigenvalue weighted by molar-refractivity contribution is 5.95. The molecule has 0 aromatic heterocycles. The lowest BCUT2D eigenvalue weighted by Gasteiger charge is -2.23. The highest BCUT2D eigenvalue weighted by Gasteiger charge is 2.19. The van der Waals surface area contributed by atoms with Gasteiger partial charge < -0.3 is 19.5 Å². The number of amides is 1. The van der Waals surface area contributed by atoms with Crippen LogP contribution in [0.3, 0.4) is 0 Å². The van der Waals surface area contributed by atoms with E-state index in [1.54, 1.807) is 43.4 Å². The summed E-state index contributed by atoms with van der Waals surface area (Å²) < 4.78 is 23.7. The van der Waals surface area contributed by atoms with Crippen LogP contribution in [0.5, 0.6) is 11.5 Å². The topological polar surface area (TPSA) is 59.0 Å². The van der Waals surface area contributed by atoms with Gasteiger partial charge in [-0.05, 0) is 49.6 Å². The predicted molar refractivity (Wildman–Crippen MR) is 102 cm³/mol. The van der Waals surface area contributed by atoms with E-state index in [0.29, 0.717) is 30.0 Å². The fraction of sp³-hybridized carbons (Fsp3) is 0.381. The third-order valence-corrected chi connectivity index (χ3v) is 4.46. The molecular formula is C21H26FNO4. The summed E-state index contributed by atoms with van der Waals surface area (Å²) >= 11 is 0. The Hall–Kier alpha value is -2.60. The molecule has 0 aliphatic rings. The molecule has 0 atom stereocenters. The van der Waals surface area contributed by atoms with Gasteiger partial charge in [-0.25, -0.2) is 4.39 Å². The molecule has 5 nitrogen and oxygen atoms in total. The summed E-state index contributed by atoms with van der Waals surface area (Å²) in [6.45, 7) is 2.46. The Morgan fingerprint density at radius 1 is 1.07 bits per heavy atom. The average Bonchev–Trinajstić information content (AvgIpc) is 2.68. The summed E-state index contributed by atoms with van der Waals surface area (Å²) in [4.78, 5) is 14.5. The van der Waals surface area contributed by atoms with Gasteiger partial charge in [0.2, 0.25) is 0 Å². The zero-order chi connectivity index (χ0) is 19.8. The molecule has 2 aromatic rings. The first kappa shape index (κ1) is 20.7.